The van der Waals surface area contributed by atoms with Gasteiger partial charge in [0.1, 0.15) is 18.1 Å². The number of carbonyl (C=O) groups is 1. The molecule has 0 saturated heterocycles. The Morgan fingerprint density at radius 3 is 2.61 bits per heavy atom. The van der Waals surface area contributed by atoms with Gasteiger partial charge in [0.15, 0.2) is 6.10 Å². The Kier molecular flexibility index (Phi) is 6.03. The Bertz CT molecular complexity index is 640. The number of amides is 1. The van der Waals surface area contributed by atoms with Crippen molar-refractivity contribution >= 4 is 5.91 Å². The van der Waals surface area contributed by atoms with Gasteiger partial charge >= 0.3 is 0 Å². The summed E-state index contributed by atoms with van der Waals surface area (Å²) in [6.45, 7) is 6.57. The molecule has 2 aromatic rings. The lowest BCUT2D eigenvalue weighted by atomic mass is 10.1. The molecular weight excluding hydrogens is 290 g/mol. The molecule has 0 aromatic heterocycles. The Morgan fingerprint density at radius 2 is 1.87 bits per heavy atom. The van der Waals surface area contributed by atoms with Crippen molar-refractivity contribution in [2.75, 3.05) is 13.2 Å². The van der Waals surface area contributed by atoms with Gasteiger partial charge in [0.25, 0.3) is 5.91 Å². The molecule has 1 N–H and O–H groups in total. The van der Waals surface area contributed by atoms with Crippen LogP contribution in [0, 0.1) is 13.8 Å². The molecule has 2 rings (SSSR count). The molecule has 4 heteroatoms. The summed E-state index contributed by atoms with van der Waals surface area (Å²) < 4.78 is 11.3. The van der Waals surface area contributed by atoms with E-state index in [4.69, 9.17) is 9.47 Å². The van der Waals surface area contributed by atoms with Crippen molar-refractivity contribution in [3.63, 3.8) is 0 Å². The van der Waals surface area contributed by atoms with Gasteiger partial charge in [-0.2, -0.15) is 0 Å². The third-order valence-electron chi connectivity index (χ3n) is 3.43. The first-order chi connectivity index (χ1) is 11.1. The second-order valence-corrected chi connectivity index (χ2v) is 5.48. The highest BCUT2D eigenvalue weighted by Gasteiger charge is 2.15. The zero-order valence-corrected chi connectivity index (χ0v) is 13.8. The molecule has 0 aliphatic heterocycles. The zero-order valence-electron chi connectivity index (χ0n) is 13.8. The highest BCUT2D eigenvalue weighted by molar-refractivity contribution is 5.80. The summed E-state index contributed by atoms with van der Waals surface area (Å²) in [6.07, 6.45) is -0.549. The third kappa shape index (κ3) is 5.33. The minimum Gasteiger partial charge on any atom is -0.492 e. The number of benzene rings is 2. The molecule has 0 spiro atoms. The molecule has 1 atom stereocenters. The van der Waals surface area contributed by atoms with Crippen LogP contribution in [-0.4, -0.2) is 25.2 Å². The van der Waals surface area contributed by atoms with Crippen LogP contribution in [0.5, 0.6) is 11.5 Å². The van der Waals surface area contributed by atoms with Crippen LogP contribution < -0.4 is 14.8 Å². The van der Waals surface area contributed by atoms with Gasteiger partial charge in [0.2, 0.25) is 0 Å². The SMILES string of the molecule is Cc1ccc(C)c(OC(C)C(=O)NCCOc2ccccc2)c1. The first-order valence-corrected chi connectivity index (χ1v) is 7.76. The molecule has 1 unspecified atom stereocenters. The Balaban J connectivity index is 1.75. The van der Waals surface area contributed by atoms with Crippen LogP contribution in [0.4, 0.5) is 0 Å². The molecule has 23 heavy (non-hydrogen) atoms. The van der Waals surface area contributed by atoms with Gasteiger partial charge in [0, 0.05) is 0 Å². The van der Waals surface area contributed by atoms with Gasteiger partial charge in [-0.1, -0.05) is 30.3 Å². The normalized spacial score (nSPS) is 11.6. The molecule has 0 aliphatic carbocycles. The van der Waals surface area contributed by atoms with E-state index in [1.54, 1.807) is 6.92 Å². The average molecular weight is 313 g/mol. The second-order valence-electron chi connectivity index (χ2n) is 5.48. The fourth-order valence-electron chi connectivity index (χ4n) is 2.08. The summed E-state index contributed by atoms with van der Waals surface area (Å²) in [4.78, 5) is 12.1. The van der Waals surface area contributed by atoms with E-state index in [1.165, 1.54) is 0 Å². The van der Waals surface area contributed by atoms with Crippen molar-refractivity contribution in [2.45, 2.75) is 26.9 Å². The smallest absolute Gasteiger partial charge is 0.260 e. The van der Waals surface area contributed by atoms with E-state index in [2.05, 4.69) is 5.32 Å². The summed E-state index contributed by atoms with van der Waals surface area (Å²) >= 11 is 0. The first-order valence-electron chi connectivity index (χ1n) is 7.76. The van der Waals surface area contributed by atoms with Crippen LogP contribution in [0.25, 0.3) is 0 Å². The summed E-state index contributed by atoms with van der Waals surface area (Å²) in [6, 6.07) is 15.5. The quantitative estimate of drug-likeness (QED) is 0.798. The fourth-order valence-corrected chi connectivity index (χ4v) is 2.08. The molecule has 0 saturated carbocycles. The maximum absolute atomic E-state index is 12.1. The largest absolute Gasteiger partial charge is 0.492 e. The van der Waals surface area contributed by atoms with Crippen LogP contribution in [-0.2, 0) is 4.79 Å². The van der Waals surface area contributed by atoms with Crippen LogP contribution in [0.2, 0.25) is 0 Å². The maximum Gasteiger partial charge on any atom is 0.260 e. The predicted octanol–water partition coefficient (Wildman–Crippen LogP) is 3.27. The molecule has 0 aliphatic rings. The highest BCUT2D eigenvalue weighted by Crippen LogP contribution is 2.20. The van der Waals surface area contributed by atoms with Crippen molar-refractivity contribution in [3.05, 3.63) is 59.7 Å². The fraction of sp³-hybridized carbons (Fsp3) is 0.316. The molecule has 0 fully saturated rings. The predicted molar refractivity (Wildman–Crippen MR) is 91.0 cm³/mol. The standard InChI is InChI=1S/C19H23NO3/c1-14-9-10-15(2)18(13-14)23-16(3)19(21)20-11-12-22-17-7-5-4-6-8-17/h4-10,13,16H,11-12H2,1-3H3,(H,20,21). The molecule has 2 aromatic carbocycles. The van der Waals surface area contributed by atoms with Gasteiger partial charge in [0.05, 0.1) is 6.54 Å². The lowest BCUT2D eigenvalue weighted by Gasteiger charge is -2.17. The molecule has 122 valence electrons. The Hall–Kier alpha value is -2.49. The van der Waals surface area contributed by atoms with Crippen molar-refractivity contribution in [1.82, 2.24) is 5.32 Å². The van der Waals surface area contributed by atoms with Crippen molar-refractivity contribution in [1.29, 1.82) is 0 Å². The Labute approximate surface area is 137 Å². The molecular formula is C19H23NO3. The summed E-state index contributed by atoms with van der Waals surface area (Å²) in [5, 5.41) is 2.82. The van der Waals surface area contributed by atoms with Crippen LogP contribution in [0.3, 0.4) is 0 Å². The minimum absolute atomic E-state index is 0.150. The number of aryl methyl sites for hydroxylation is 2. The maximum atomic E-state index is 12.1. The number of hydrogen-bond donors (Lipinski definition) is 1. The van der Waals surface area contributed by atoms with Crippen molar-refractivity contribution < 1.29 is 14.3 Å². The van der Waals surface area contributed by atoms with Gasteiger partial charge in [-0.15, -0.1) is 0 Å². The van der Waals surface area contributed by atoms with Crippen molar-refractivity contribution in [2.24, 2.45) is 0 Å². The minimum atomic E-state index is -0.549. The first kappa shape index (κ1) is 16.9. The van der Waals surface area contributed by atoms with E-state index in [-0.39, 0.29) is 5.91 Å². The summed E-state index contributed by atoms with van der Waals surface area (Å²) in [5.41, 5.74) is 2.12. The number of para-hydroxylation sites is 1. The second kappa shape index (κ2) is 8.22. The zero-order chi connectivity index (χ0) is 16.7. The highest BCUT2D eigenvalue weighted by atomic mass is 16.5. The molecule has 0 heterocycles. The van der Waals surface area contributed by atoms with E-state index >= 15 is 0 Å². The number of nitrogens with one attached hydrogen (secondary N) is 1. The van der Waals surface area contributed by atoms with Crippen LogP contribution in [0.15, 0.2) is 48.5 Å². The topological polar surface area (TPSA) is 47.6 Å². The van der Waals surface area contributed by atoms with E-state index in [1.807, 2.05) is 62.4 Å². The lowest BCUT2D eigenvalue weighted by Crippen LogP contribution is -2.38. The van der Waals surface area contributed by atoms with Gasteiger partial charge in [-0.3, -0.25) is 4.79 Å². The summed E-state index contributed by atoms with van der Waals surface area (Å²) in [5.74, 6) is 1.39. The Morgan fingerprint density at radius 1 is 1.13 bits per heavy atom. The number of ether oxygens (including phenoxy) is 2. The number of carbonyl (C=O) groups excluding carboxylic acids is 1. The van der Waals surface area contributed by atoms with Gasteiger partial charge < -0.3 is 14.8 Å². The molecule has 0 radical (unpaired) electrons. The monoisotopic (exact) mass is 313 g/mol. The number of hydrogen-bond acceptors (Lipinski definition) is 3. The third-order valence-corrected chi connectivity index (χ3v) is 3.43. The summed E-state index contributed by atoms with van der Waals surface area (Å²) in [7, 11) is 0. The van der Waals surface area contributed by atoms with E-state index in [0.29, 0.717) is 13.2 Å². The van der Waals surface area contributed by atoms with E-state index < -0.39 is 6.10 Å². The van der Waals surface area contributed by atoms with E-state index in [9.17, 15) is 4.79 Å². The van der Waals surface area contributed by atoms with Crippen LogP contribution >= 0.6 is 0 Å². The lowest BCUT2D eigenvalue weighted by molar-refractivity contribution is -0.127. The molecule has 4 nitrogen and oxygen atoms in total. The van der Waals surface area contributed by atoms with E-state index in [0.717, 1.165) is 22.6 Å². The molecule has 1 amide bonds. The van der Waals surface area contributed by atoms with Crippen LogP contribution in [0.1, 0.15) is 18.1 Å². The van der Waals surface area contributed by atoms with Gasteiger partial charge in [-0.05, 0) is 50.1 Å². The van der Waals surface area contributed by atoms with Crippen molar-refractivity contribution in [3.8, 4) is 11.5 Å². The molecule has 0 bridgehead atoms. The number of rotatable bonds is 7. The average Bonchev–Trinajstić information content (AvgIpc) is 2.55. The van der Waals surface area contributed by atoms with Gasteiger partial charge in [-0.25, -0.2) is 0 Å².